The molecule has 0 radical (unpaired) electrons. The highest BCUT2D eigenvalue weighted by Crippen LogP contribution is 2.34. The van der Waals surface area contributed by atoms with Crippen molar-refractivity contribution < 1.29 is 0 Å². The zero-order valence-electron chi connectivity index (χ0n) is 10.4. The minimum absolute atomic E-state index is 0.218. The van der Waals surface area contributed by atoms with Crippen molar-refractivity contribution in [1.82, 2.24) is 0 Å². The van der Waals surface area contributed by atoms with Crippen LogP contribution < -0.4 is 0 Å². The van der Waals surface area contributed by atoms with Crippen molar-refractivity contribution >= 4 is 11.8 Å². The van der Waals surface area contributed by atoms with Gasteiger partial charge in [0, 0.05) is 4.90 Å². The molecule has 2 aliphatic rings. The number of hydrogen-bond acceptors (Lipinski definition) is 1. The van der Waals surface area contributed by atoms with Crippen LogP contribution >= 0.6 is 11.8 Å². The summed E-state index contributed by atoms with van der Waals surface area (Å²) >= 11 is 1.81. The van der Waals surface area contributed by atoms with Crippen LogP contribution in [0.25, 0.3) is 11.1 Å². The third-order valence-corrected chi connectivity index (χ3v) is 3.74. The molecule has 0 aromatic rings. The third-order valence-electron chi connectivity index (χ3n) is 2.95. The normalized spacial score (nSPS) is 12.0. The summed E-state index contributed by atoms with van der Waals surface area (Å²) in [6, 6.07) is 13.4. The molecule has 0 aliphatic heterocycles. The summed E-state index contributed by atoms with van der Waals surface area (Å²) in [6.07, 6.45) is 2.13. The number of fused-ring (bicyclic) bond motifs is 1. The molecule has 0 N–H and O–H groups in total. The smallest absolute Gasteiger partial charge is 0.0148 e. The van der Waals surface area contributed by atoms with Gasteiger partial charge in [0.05, 0.1) is 0 Å². The Morgan fingerprint density at radius 3 is 2.12 bits per heavy atom. The van der Waals surface area contributed by atoms with Gasteiger partial charge in [-0.25, -0.2) is 0 Å². The predicted octanol–water partition coefficient (Wildman–Crippen LogP) is 4.81. The average molecular weight is 230 g/mol. The van der Waals surface area contributed by atoms with Crippen molar-refractivity contribution in [3.63, 3.8) is 0 Å². The molecule has 0 bridgehead atoms. The monoisotopic (exact) mass is 230 g/mol. The molecule has 0 atom stereocenters. The van der Waals surface area contributed by atoms with Crippen molar-refractivity contribution in [3.8, 4) is 11.1 Å². The Morgan fingerprint density at radius 2 is 1.50 bits per heavy atom. The van der Waals surface area contributed by atoms with Gasteiger partial charge < -0.3 is 0 Å². The lowest BCUT2D eigenvalue weighted by molar-refractivity contribution is 0.591. The Hall–Kier alpha value is -0.950. The Morgan fingerprint density at radius 1 is 0.875 bits per heavy atom. The Kier molecular flexibility index (Phi) is 2.98. The van der Waals surface area contributed by atoms with Gasteiger partial charge in [-0.3, -0.25) is 0 Å². The van der Waals surface area contributed by atoms with Crippen molar-refractivity contribution in [2.24, 2.45) is 0 Å². The molecule has 0 aromatic carbocycles. The summed E-state index contributed by atoms with van der Waals surface area (Å²) in [5.41, 5.74) is 4.30. The van der Waals surface area contributed by atoms with Gasteiger partial charge in [0.2, 0.25) is 0 Å². The molecule has 84 valence electrons. The second kappa shape index (κ2) is 4.14. The van der Waals surface area contributed by atoms with Crippen molar-refractivity contribution in [2.75, 3.05) is 6.26 Å². The molecular weight excluding hydrogens is 212 g/mol. The van der Waals surface area contributed by atoms with Gasteiger partial charge in [-0.15, -0.1) is 11.8 Å². The van der Waals surface area contributed by atoms with Crippen LogP contribution in [0.5, 0.6) is 0 Å². The van der Waals surface area contributed by atoms with E-state index >= 15 is 0 Å². The minimum atomic E-state index is 0.218. The van der Waals surface area contributed by atoms with Crippen LogP contribution in [0.2, 0.25) is 0 Å². The molecule has 0 aromatic heterocycles. The summed E-state index contributed by atoms with van der Waals surface area (Å²) in [6.45, 7) is 6.76. The van der Waals surface area contributed by atoms with E-state index in [0.29, 0.717) is 0 Å². The fraction of sp³-hybridized carbons (Fsp3) is 0.333. The topological polar surface area (TPSA) is 0 Å². The highest BCUT2D eigenvalue weighted by molar-refractivity contribution is 7.98. The van der Waals surface area contributed by atoms with Gasteiger partial charge >= 0.3 is 0 Å². The first kappa shape index (κ1) is 11.5. The fourth-order valence-electron chi connectivity index (χ4n) is 1.90. The van der Waals surface area contributed by atoms with E-state index in [0.717, 1.165) is 0 Å². The quantitative estimate of drug-likeness (QED) is 0.633. The number of hydrogen-bond donors (Lipinski definition) is 0. The molecule has 0 spiro atoms. The molecule has 0 amide bonds. The zero-order valence-corrected chi connectivity index (χ0v) is 11.2. The summed E-state index contributed by atoms with van der Waals surface area (Å²) in [5.74, 6) is 0. The lowest BCUT2D eigenvalue weighted by Crippen LogP contribution is -2.09. The van der Waals surface area contributed by atoms with Crippen molar-refractivity contribution in [3.05, 3.63) is 42.0 Å². The van der Waals surface area contributed by atoms with E-state index in [1.165, 1.54) is 21.6 Å². The van der Waals surface area contributed by atoms with E-state index in [9.17, 15) is 0 Å². The van der Waals surface area contributed by atoms with Gasteiger partial charge in [-0.05, 0) is 34.4 Å². The SMILES string of the molecule is CSc1ccc2ccc(C(C)(C)C)ccc1-2. The van der Waals surface area contributed by atoms with Crippen LogP contribution in [-0.4, -0.2) is 6.26 Å². The molecular formula is C15H18S. The largest absolute Gasteiger partial charge is 0.129 e. The first-order valence-electron chi connectivity index (χ1n) is 5.59. The maximum absolute atomic E-state index is 2.25. The lowest BCUT2D eigenvalue weighted by atomic mass is 9.88. The van der Waals surface area contributed by atoms with Crippen molar-refractivity contribution in [2.45, 2.75) is 31.1 Å². The molecule has 0 saturated carbocycles. The lowest BCUT2D eigenvalue weighted by Gasteiger charge is -2.17. The predicted molar refractivity (Wildman–Crippen MR) is 73.5 cm³/mol. The fourth-order valence-corrected chi connectivity index (χ4v) is 2.51. The highest BCUT2D eigenvalue weighted by Gasteiger charge is 2.14. The Labute approximate surface area is 102 Å². The molecule has 0 nitrogen and oxygen atoms in total. The average Bonchev–Trinajstić information content (AvgIpc) is 2.46. The summed E-state index contributed by atoms with van der Waals surface area (Å²) in [4.78, 5) is 1.37. The van der Waals surface area contributed by atoms with E-state index in [2.05, 4.69) is 63.4 Å². The van der Waals surface area contributed by atoms with Gasteiger partial charge in [-0.1, -0.05) is 51.1 Å². The molecule has 2 aliphatic carbocycles. The van der Waals surface area contributed by atoms with E-state index in [4.69, 9.17) is 0 Å². The summed E-state index contributed by atoms with van der Waals surface area (Å²) in [5, 5.41) is 0. The highest BCUT2D eigenvalue weighted by atomic mass is 32.2. The van der Waals surface area contributed by atoms with Crippen LogP contribution in [0.4, 0.5) is 0 Å². The van der Waals surface area contributed by atoms with Gasteiger partial charge in [0.1, 0.15) is 0 Å². The van der Waals surface area contributed by atoms with Crippen LogP contribution in [0.15, 0.2) is 41.3 Å². The zero-order chi connectivity index (χ0) is 11.8. The molecule has 0 unspecified atom stereocenters. The van der Waals surface area contributed by atoms with Crippen LogP contribution in [0.3, 0.4) is 0 Å². The molecule has 0 heterocycles. The molecule has 0 fully saturated rings. The van der Waals surface area contributed by atoms with E-state index in [1.807, 2.05) is 11.8 Å². The first-order chi connectivity index (χ1) is 7.52. The standard InChI is InChI=1S/C15H18S/c1-15(2,3)12-7-5-11-6-10-14(16-4)13(11)9-8-12/h5-10H,1-4H3. The van der Waals surface area contributed by atoms with Crippen LogP contribution in [0, 0.1) is 0 Å². The van der Waals surface area contributed by atoms with Crippen LogP contribution in [0.1, 0.15) is 26.3 Å². The van der Waals surface area contributed by atoms with E-state index in [1.54, 1.807) is 0 Å². The summed E-state index contributed by atoms with van der Waals surface area (Å²) in [7, 11) is 0. The molecule has 0 saturated heterocycles. The van der Waals surface area contributed by atoms with Crippen LogP contribution in [-0.2, 0) is 5.41 Å². The maximum atomic E-state index is 2.25. The second-order valence-electron chi connectivity index (χ2n) is 5.14. The first-order valence-corrected chi connectivity index (χ1v) is 6.82. The van der Waals surface area contributed by atoms with E-state index in [-0.39, 0.29) is 5.41 Å². The minimum Gasteiger partial charge on any atom is -0.129 e. The second-order valence-corrected chi connectivity index (χ2v) is 5.99. The van der Waals surface area contributed by atoms with Crippen molar-refractivity contribution in [1.29, 1.82) is 0 Å². The molecule has 2 rings (SSSR count). The third kappa shape index (κ3) is 2.10. The Balaban J connectivity index is 2.57. The van der Waals surface area contributed by atoms with E-state index < -0.39 is 0 Å². The van der Waals surface area contributed by atoms with Gasteiger partial charge in [-0.2, -0.15) is 0 Å². The maximum Gasteiger partial charge on any atom is 0.0148 e. The molecule has 16 heavy (non-hydrogen) atoms. The summed E-state index contributed by atoms with van der Waals surface area (Å²) < 4.78 is 0. The number of thioether (sulfide) groups is 1. The molecule has 1 heteroatoms. The van der Waals surface area contributed by atoms with Gasteiger partial charge in [0.25, 0.3) is 0 Å². The number of rotatable bonds is 1. The Bertz CT molecular complexity index is 466. The van der Waals surface area contributed by atoms with Gasteiger partial charge in [0.15, 0.2) is 0 Å².